The maximum Gasteiger partial charge on any atom is 0.417 e. The zero-order chi connectivity index (χ0) is 13.3. The molecule has 0 saturated carbocycles. The Labute approximate surface area is 99.9 Å². The monoisotopic (exact) mass is 255 g/mol. The molecule has 0 aliphatic rings. The number of alkyl halides is 3. The number of halogens is 3. The molecule has 0 aliphatic heterocycles. The van der Waals surface area contributed by atoms with Crippen molar-refractivity contribution in [3.63, 3.8) is 0 Å². The van der Waals surface area contributed by atoms with Crippen LogP contribution < -0.4 is 5.73 Å². The second kappa shape index (κ2) is 4.17. The number of nitrogens with zero attached hydrogens (tertiary/aromatic N) is 2. The molecule has 18 heavy (non-hydrogen) atoms. The standard InChI is InChI=1S/C11H8F3N3O/c12-11(13,14)8-4-2-1-3-6(8)7-5-16-10(15)17-9(7)18/h1-5H,(H3,15,16,17,18). The first-order valence-electron chi connectivity index (χ1n) is 4.87. The summed E-state index contributed by atoms with van der Waals surface area (Å²) in [5.41, 5.74) is 4.05. The largest absolute Gasteiger partial charge is 0.493 e. The molecule has 0 aliphatic carbocycles. The van der Waals surface area contributed by atoms with Gasteiger partial charge in [0.15, 0.2) is 0 Å². The number of anilines is 1. The minimum Gasteiger partial charge on any atom is -0.493 e. The van der Waals surface area contributed by atoms with Crippen molar-refractivity contribution < 1.29 is 18.3 Å². The smallest absolute Gasteiger partial charge is 0.417 e. The number of hydrogen-bond acceptors (Lipinski definition) is 4. The zero-order valence-corrected chi connectivity index (χ0v) is 8.94. The van der Waals surface area contributed by atoms with E-state index in [1.807, 2.05) is 0 Å². The number of benzene rings is 1. The summed E-state index contributed by atoms with van der Waals surface area (Å²) in [7, 11) is 0. The molecule has 0 unspecified atom stereocenters. The summed E-state index contributed by atoms with van der Waals surface area (Å²) in [4.78, 5) is 7.01. The molecule has 0 spiro atoms. The van der Waals surface area contributed by atoms with E-state index >= 15 is 0 Å². The van der Waals surface area contributed by atoms with Crippen LogP contribution in [0.25, 0.3) is 11.1 Å². The van der Waals surface area contributed by atoms with Gasteiger partial charge in [0, 0.05) is 11.8 Å². The van der Waals surface area contributed by atoms with E-state index in [4.69, 9.17) is 5.73 Å². The highest BCUT2D eigenvalue weighted by Crippen LogP contribution is 2.38. The first-order chi connectivity index (χ1) is 8.39. The van der Waals surface area contributed by atoms with Gasteiger partial charge in [-0.05, 0) is 6.07 Å². The van der Waals surface area contributed by atoms with Crippen molar-refractivity contribution in [3.8, 4) is 17.0 Å². The van der Waals surface area contributed by atoms with Crippen LogP contribution in [0.3, 0.4) is 0 Å². The molecule has 0 atom stereocenters. The zero-order valence-electron chi connectivity index (χ0n) is 8.94. The number of nitrogens with two attached hydrogens (primary N) is 1. The van der Waals surface area contributed by atoms with Gasteiger partial charge in [-0.15, -0.1) is 0 Å². The van der Waals surface area contributed by atoms with Gasteiger partial charge < -0.3 is 10.8 Å². The fourth-order valence-electron chi connectivity index (χ4n) is 1.54. The molecule has 7 heteroatoms. The lowest BCUT2D eigenvalue weighted by Crippen LogP contribution is -2.07. The van der Waals surface area contributed by atoms with Gasteiger partial charge in [0.1, 0.15) is 0 Å². The van der Waals surface area contributed by atoms with Crippen LogP contribution in [-0.2, 0) is 6.18 Å². The topological polar surface area (TPSA) is 72.0 Å². The third-order valence-electron chi connectivity index (χ3n) is 2.31. The van der Waals surface area contributed by atoms with Crippen molar-refractivity contribution in [2.24, 2.45) is 0 Å². The summed E-state index contributed by atoms with van der Waals surface area (Å²) in [6.45, 7) is 0. The fourth-order valence-corrected chi connectivity index (χ4v) is 1.54. The van der Waals surface area contributed by atoms with Crippen LogP contribution in [0.15, 0.2) is 30.5 Å². The highest BCUT2D eigenvalue weighted by atomic mass is 19.4. The minimum atomic E-state index is -4.52. The van der Waals surface area contributed by atoms with Crippen molar-refractivity contribution in [2.75, 3.05) is 5.73 Å². The summed E-state index contributed by atoms with van der Waals surface area (Å²) >= 11 is 0. The quantitative estimate of drug-likeness (QED) is 0.821. The predicted molar refractivity (Wildman–Crippen MR) is 58.5 cm³/mol. The molecule has 2 rings (SSSR count). The Hall–Kier alpha value is -2.31. The van der Waals surface area contributed by atoms with Crippen LogP contribution in [0.2, 0.25) is 0 Å². The van der Waals surface area contributed by atoms with E-state index in [2.05, 4.69) is 9.97 Å². The molecular formula is C11H8F3N3O. The Morgan fingerprint density at radius 3 is 2.39 bits per heavy atom. The first-order valence-corrected chi connectivity index (χ1v) is 4.87. The molecule has 4 nitrogen and oxygen atoms in total. The number of aromatic hydroxyl groups is 1. The second-order valence-corrected chi connectivity index (χ2v) is 3.51. The normalized spacial score (nSPS) is 11.5. The first kappa shape index (κ1) is 12.2. The summed E-state index contributed by atoms with van der Waals surface area (Å²) < 4.78 is 38.4. The van der Waals surface area contributed by atoms with Gasteiger partial charge in [-0.2, -0.15) is 18.2 Å². The summed E-state index contributed by atoms with van der Waals surface area (Å²) in [5.74, 6) is -0.792. The number of aromatic nitrogens is 2. The van der Waals surface area contributed by atoms with Gasteiger partial charge in [0.25, 0.3) is 0 Å². The lowest BCUT2D eigenvalue weighted by molar-refractivity contribution is -0.137. The van der Waals surface area contributed by atoms with E-state index in [-0.39, 0.29) is 17.1 Å². The molecule has 1 aromatic heterocycles. The average Bonchev–Trinajstić information content (AvgIpc) is 2.28. The van der Waals surface area contributed by atoms with Crippen LogP contribution in [0.4, 0.5) is 19.1 Å². The van der Waals surface area contributed by atoms with Crippen LogP contribution in [0, 0.1) is 0 Å². The predicted octanol–water partition coefficient (Wildman–Crippen LogP) is 2.45. The lowest BCUT2D eigenvalue weighted by atomic mass is 10.0. The molecule has 0 radical (unpaired) electrons. The number of hydrogen-bond donors (Lipinski definition) is 2. The van der Waals surface area contributed by atoms with Crippen molar-refractivity contribution in [3.05, 3.63) is 36.0 Å². The van der Waals surface area contributed by atoms with Crippen molar-refractivity contribution in [1.29, 1.82) is 0 Å². The molecule has 94 valence electrons. The van der Waals surface area contributed by atoms with Crippen molar-refractivity contribution in [1.82, 2.24) is 9.97 Å². The highest BCUT2D eigenvalue weighted by Gasteiger charge is 2.34. The Morgan fingerprint density at radius 1 is 1.11 bits per heavy atom. The fraction of sp³-hybridized carbons (Fsp3) is 0.0909. The van der Waals surface area contributed by atoms with E-state index in [1.165, 1.54) is 18.2 Å². The molecule has 2 aromatic rings. The average molecular weight is 255 g/mol. The Balaban J connectivity index is 2.64. The van der Waals surface area contributed by atoms with Gasteiger partial charge >= 0.3 is 6.18 Å². The molecule has 3 N–H and O–H groups in total. The molecular weight excluding hydrogens is 247 g/mol. The SMILES string of the molecule is Nc1ncc(-c2ccccc2C(F)(F)F)c(O)n1. The van der Waals surface area contributed by atoms with Gasteiger partial charge in [-0.3, -0.25) is 0 Å². The maximum absolute atomic E-state index is 12.8. The molecule has 0 saturated heterocycles. The lowest BCUT2D eigenvalue weighted by Gasteiger charge is -2.12. The minimum absolute atomic E-state index is 0.114. The van der Waals surface area contributed by atoms with Crippen LogP contribution >= 0.6 is 0 Å². The van der Waals surface area contributed by atoms with E-state index in [0.717, 1.165) is 12.3 Å². The Bertz CT molecular complexity index is 584. The third-order valence-corrected chi connectivity index (χ3v) is 2.31. The number of rotatable bonds is 1. The van der Waals surface area contributed by atoms with Gasteiger partial charge in [0.2, 0.25) is 11.8 Å². The molecule has 1 heterocycles. The molecule has 0 fully saturated rings. The van der Waals surface area contributed by atoms with Crippen LogP contribution in [0.1, 0.15) is 5.56 Å². The van der Waals surface area contributed by atoms with Crippen molar-refractivity contribution in [2.45, 2.75) is 6.18 Å². The molecule has 1 aromatic carbocycles. The second-order valence-electron chi connectivity index (χ2n) is 3.51. The summed E-state index contributed by atoms with van der Waals surface area (Å²) in [6, 6.07) is 4.85. The van der Waals surface area contributed by atoms with E-state index in [0.29, 0.717) is 0 Å². The third kappa shape index (κ3) is 2.20. The molecule has 0 bridgehead atoms. The van der Waals surface area contributed by atoms with Gasteiger partial charge in [-0.25, -0.2) is 4.98 Å². The summed E-state index contributed by atoms with van der Waals surface area (Å²) in [6.07, 6.45) is -3.47. The molecule has 0 amide bonds. The van der Waals surface area contributed by atoms with E-state index in [1.54, 1.807) is 0 Å². The van der Waals surface area contributed by atoms with Crippen molar-refractivity contribution >= 4 is 5.95 Å². The van der Waals surface area contributed by atoms with Gasteiger partial charge in [0.05, 0.1) is 11.1 Å². The number of nitrogen functional groups attached to an aromatic ring is 1. The highest BCUT2D eigenvalue weighted by molar-refractivity contribution is 5.71. The van der Waals surface area contributed by atoms with Crippen LogP contribution in [0.5, 0.6) is 5.88 Å². The van der Waals surface area contributed by atoms with Crippen LogP contribution in [-0.4, -0.2) is 15.1 Å². The Kier molecular flexibility index (Phi) is 2.82. The van der Waals surface area contributed by atoms with E-state index < -0.39 is 17.6 Å². The summed E-state index contributed by atoms with van der Waals surface area (Å²) in [5, 5.41) is 9.54. The van der Waals surface area contributed by atoms with Gasteiger partial charge in [-0.1, -0.05) is 18.2 Å². The Morgan fingerprint density at radius 2 is 1.78 bits per heavy atom. The van der Waals surface area contributed by atoms with E-state index in [9.17, 15) is 18.3 Å². The maximum atomic E-state index is 12.8.